The standard InChI is InChI=1S/C52H30O2/c1-2-12-32-27-35(24-21-31(32)11-1)48-39-14-3-5-16-41(39)49(42-17-6-4-15-40(42)48)36-25-22-34-29-37(26-23-33(34)28-36)50-51-43-18-8-10-20-46(43)53-47(51)30-44-38-13-7-9-19-45(38)54-52(44)50/h1-30H. The molecule has 2 heterocycles. The van der Waals surface area contributed by atoms with Crippen molar-refractivity contribution in [1.82, 2.24) is 0 Å². The zero-order chi connectivity index (χ0) is 35.3. The summed E-state index contributed by atoms with van der Waals surface area (Å²) in [6, 6.07) is 65.7. The second-order valence-electron chi connectivity index (χ2n) is 14.4. The van der Waals surface area contributed by atoms with Crippen LogP contribution in [0.15, 0.2) is 191 Å². The molecule has 54 heavy (non-hydrogen) atoms. The Morgan fingerprint density at radius 2 is 0.685 bits per heavy atom. The Morgan fingerprint density at radius 1 is 0.259 bits per heavy atom. The van der Waals surface area contributed by atoms with Gasteiger partial charge in [-0.15, -0.1) is 0 Å². The van der Waals surface area contributed by atoms with Crippen molar-refractivity contribution in [2.24, 2.45) is 0 Å². The van der Waals surface area contributed by atoms with E-state index in [1.807, 2.05) is 24.3 Å². The van der Waals surface area contributed by atoms with Gasteiger partial charge in [-0.05, 0) is 107 Å². The van der Waals surface area contributed by atoms with E-state index >= 15 is 0 Å². The van der Waals surface area contributed by atoms with Crippen LogP contribution in [0.5, 0.6) is 0 Å². The number of benzene rings is 10. The van der Waals surface area contributed by atoms with Gasteiger partial charge in [0.1, 0.15) is 22.3 Å². The number of fused-ring (bicyclic) bond motifs is 10. The van der Waals surface area contributed by atoms with Crippen molar-refractivity contribution in [2.75, 3.05) is 0 Å². The van der Waals surface area contributed by atoms with Gasteiger partial charge >= 0.3 is 0 Å². The third-order valence-electron chi connectivity index (χ3n) is 11.4. The Bertz CT molecular complexity index is 3440. The normalized spacial score (nSPS) is 12.1. The molecule has 0 aliphatic carbocycles. The molecular weight excluding hydrogens is 657 g/mol. The van der Waals surface area contributed by atoms with E-state index < -0.39 is 0 Å². The molecule has 0 aliphatic rings. The van der Waals surface area contributed by atoms with Crippen LogP contribution in [0.3, 0.4) is 0 Å². The van der Waals surface area contributed by atoms with Crippen LogP contribution in [-0.2, 0) is 0 Å². The molecule has 0 N–H and O–H groups in total. The van der Waals surface area contributed by atoms with E-state index in [0.29, 0.717) is 0 Å². The Morgan fingerprint density at radius 3 is 1.28 bits per heavy atom. The first-order valence-electron chi connectivity index (χ1n) is 18.5. The van der Waals surface area contributed by atoms with Gasteiger partial charge in [-0.1, -0.05) is 146 Å². The van der Waals surface area contributed by atoms with Crippen molar-refractivity contribution in [3.05, 3.63) is 182 Å². The summed E-state index contributed by atoms with van der Waals surface area (Å²) in [6.07, 6.45) is 0. The fraction of sp³-hybridized carbons (Fsp3) is 0. The zero-order valence-corrected chi connectivity index (χ0v) is 29.1. The highest BCUT2D eigenvalue weighted by atomic mass is 16.3. The van der Waals surface area contributed by atoms with Gasteiger partial charge < -0.3 is 8.83 Å². The number of rotatable bonds is 3. The molecule has 0 bridgehead atoms. The fourth-order valence-corrected chi connectivity index (χ4v) is 8.99. The van der Waals surface area contributed by atoms with Gasteiger partial charge in [0.25, 0.3) is 0 Å². The maximum Gasteiger partial charge on any atom is 0.144 e. The summed E-state index contributed by atoms with van der Waals surface area (Å²) >= 11 is 0. The fourth-order valence-electron chi connectivity index (χ4n) is 8.99. The van der Waals surface area contributed by atoms with Crippen LogP contribution in [0.25, 0.3) is 120 Å². The minimum absolute atomic E-state index is 0.867. The lowest BCUT2D eigenvalue weighted by Gasteiger charge is -2.18. The van der Waals surface area contributed by atoms with Crippen molar-refractivity contribution in [2.45, 2.75) is 0 Å². The van der Waals surface area contributed by atoms with Crippen LogP contribution in [0.4, 0.5) is 0 Å². The molecule has 0 unspecified atom stereocenters. The molecular formula is C52H30O2. The minimum Gasteiger partial charge on any atom is -0.456 e. The maximum absolute atomic E-state index is 6.66. The highest BCUT2D eigenvalue weighted by molar-refractivity contribution is 6.25. The summed E-state index contributed by atoms with van der Waals surface area (Å²) in [4.78, 5) is 0. The maximum atomic E-state index is 6.66. The molecule has 12 aromatic rings. The smallest absolute Gasteiger partial charge is 0.144 e. The largest absolute Gasteiger partial charge is 0.456 e. The highest BCUT2D eigenvalue weighted by Crippen LogP contribution is 2.47. The average molecular weight is 687 g/mol. The Kier molecular flexibility index (Phi) is 6.09. The zero-order valence-electron chi connectivity index (χ0n) is 29.1. The van der Waals surface area contributed by atoms with E-state index in [2.05, 4.69) is 158 Å². The summed E-state index contributed by atoms with van der Waals surface area (Å²) in [7, 11) is 0. The van der Waals surface area contributed by atoms with Gasteiger partial charge in [-0.25, -0.2) is 0 Å². The molecule has 2 nitrogen and oxygen atoms in total. The summed E-state index contributed by atoms with van der Waals surface area (Å²) in [5, 5.41) is 14.2. The van der Waals surface area contributed by atoms with E-state index in [1.165, 1.54) is 65.3 Å². The summed E-state index contributed by atoms with van der Waals surface area (Å²) in [6.45, 7) is 0. The molecule has 0 aliphatic heterocycles. The van der Waals surface area contributed by atoms with E-state index in [4.69, 9.17) is 8.83 Å². The van der Waals surface area contributed by atoms with Crippen LogP contribution in [-0.4, -0.2) is 0 Å². The minimum atomic E-state index is 0.867. The SMILES string of the molecule is c1ccc2cc(-c3c4ccccc4c(-c4ccc5cc(-c6c7oc8ccccc8c7cc7oc8ccccc8c67)ccc5c4)c4ccccc34)ccc2c1. The number of para-hydroxylation sites is 2. The van der Waals surface area contributed by atoms with Gasteiger partial charge in [0, 0.05) is 27.1 Å². The topological polar surface area (TPSA) is 26.3 Å². The van der Waals surface area contributed by atoms with E-state index in [1.54, 1.807) is 0 Å². The van der Waals surface area contributed by atoms with Crippen molar-refractivity contribution in [1.29, 1.82) is 0 Å². The summed E-state index contributed by atoms with van der Waals surface area (Å²) in [5.74, 6) is 0. The predicted molar refractivity (Wildman–Crippen MR) is 227 cm³/mol. The molecule has 250 valence electrons. The van der Waals surface area contributed by atoms with Gasteiger partial charge in [-0.3, -0.25) is 0 Å². The second-order valence-corrected chi connectivity index (χ2v) is 14.4. The molecule has 2 heteroatoms. The monoisotopic (exact) mass is 686 g/mol. The first kappa shape index (κ1) is 29.4. The Hall–Kier alpha value is -7.16. The highest BCUT2D eigenvalue weighted by Gasteiger charge is 2.22. The molecule has 0 saturated heterocycles. The Labute approximate surface area is 310 Å². The second kappa shape index (κ2) is 11.2. The Balaban J connectivity index is 1.08. The molecule has 10 aromatic carbocycles. The van der Waals surface area contributed by atoms with Crippen LogP contribution in [0.1, 0.15) is 0 Å². The van der Waals surface area contributed by atoms with Gasteiger partial charge in [0.05, 0.1) is 0 Å². The van der Waals surface area contributed by atoms with Crippen LogP contribution >= 0.6 is 0 Å². The van der Waals surface area contributed by atoms with Gasteiger partial charge in [0.2, 0.25) is 0 Å². The van der Waals surface area contributed by atoms with E-state index in [-0.39, 0.29) is 0 Å². The van der Waals surface area contributed by atoms with Crippen molar-refractivity contribution in [3.63, 3.8) is 0 Å². The molecule has 0 radical (unpaired) electrons. The van der Waals surface area contributed by atoms with E-state index in [9.17, 15) is 0 Å². The quantitative estimate of drug-likeness (QED) is 0.173. The van der Waals surface area contributed by atoms with E-state index in [0.717, 1.165) is 55.0 Å². The summed E-state index contributed by atoms with van der Waals surface area (Å²) < 4.78 is 13.1. The van der Waals surface area contributed by atoms with Crippen molar-refractivity contribution < 1.29 is 8.83 Å². The lowest BCUT2D eigenvalue weighted by atomic mass is 9.85. The molecule has 12 rings (SSSR count). The molecule has 2 aromatic heterocycles. The third kappa shape index (κ3) is 4.22. The molecule has 0 amide bonds. The first-order valence-corrected chi connectivity index (χ1v) is 18.5. The number of hydrogen-bond acceptors (Lipinski definition) is 2. The molecule has 0 atom stereocenters. The van der Waals surface area contributed by atoms with Gasteiger partial charge in [0.15, 0.2) is 0 Å². The van der Waals surface area contributed by atoms with Crippen LogP contribution < -0.4 is 0 Å². The lowest BCUT2D eigenvalue weighted by molar-refractivity contribution is 0.664. The molecule has 0 saturated carbocycles. The van der Waals surface area contributed by atoms with Crippen LogP contribution in [0.2, 0.25) is 0 Å². The van der Waals surface area contributed by atoms with Crippen LogP contribution in [0, 0.1) is 0 Å². The van der Waals surface area contributed by atoms with Gasteiger partial charge in [-0.2, -0.15) is 0 Å². The average Bonchev–Trinajstić information content (AvgIpc) is 3.79. The predicted octanol–water partition coefficient (Wildman–Crippen LogP) is 15.1. The third-order valence-corrected chi connectivity index (χ3v) is 11.4. The van der Waals surface area contributed by atoms with Crippen molar-refractivity contribution >= 4 is 87.0 Å². The molecule has 0 spiro atoms. The first-order chi connectivity index (χ1) is 26.8. The van der Waals surface area contributed by atoms with Crippen molar-refractivity contribution in [3.8, 4) is 33.4 Å². The number of furan rings is 2. The lowest BCUT2D eigenvalue weighted by Crippen LogP contribution is -1.91. The number of hydrogen-bond donors (Lipinski definition) is 0. The summed E-state index contributed by atoms with van der Waals surface area (Å²) in [5.41, 5.74) is 10.7. The molecule has 0 fully saturated rings.